The number of hydrogen-bond donors (Lipinski definition) is 1. The fourth-order valence-corrected chi connectivity index (χ4v) is 2.15. The van der Waals surface area contributed by atoms with E-state index >= 15 is 0 Å². The molecule has 1 aliphatic rings. The van der Waals surface area contributed by atoms with Gasteiger partial charge < -0.3 is 10.2 Å². The second-order valence-corrected chi connectivity index (χ2v) is 4.89. The number of hydrogen-bond acceptors (Lipinski definition) is 2. The predicted octanol–water partition coefficient (Wildman–Crippen LogP) is 1.72. The first-order chi connectivity index (χ1) is 6.07. The van der Waals surface area contributed by atoms with E-state index in [4.69, 9.17) is 0 Å². The van der Waals surface area contributed by atoms with Crippen molar-refractivity contribution in [2.24, 2.45) is 5.41 Å². The molecule has 1 rings (SSSR count). The molecule has 1 N–H and O–H groups in total. The number of rotatable bonds is 4. The van der Waals surface area contributed by atoms with Crippen molar-refractivity contribution in [3.8, 4) is 0 Å². The van der Waals surface area contributed by atoms with Crippen LogP contribution in [0.25, 0.3) is 0 Å². The van der Waals surface area contributed by atoms with E-state index in [1.165, 1.54) is 32.6 Å². The third-order valence-electron chi connectivity index (χ3n) is 3.18. The van der Waals surface area contributed by atoms with Crippen LogP contribution in [0.15, 0.2) is 0 Å². The molecule has 0 radical (unpaired) electrons. The van der Waals surface area contributed by atoms with Crippen LogP contribution in [0.4, 0.5) is 0 Å². The Morgan fingerprint density at radius 3 is 2.54 bits per heavy atom. The molecule has 0 aromatic carbocycles. The maximum absolute atomic E-state index is 3.45. The van der Waals surface area contributed by atoms with Crippen LogP contribution in [0.3, 0.4) is 0 Å². The maximum atomic E-state index is 3.45. The lowest BCUT2D eigenvalue weighted by Gasteiger charge is -2.33. The highest BCUT2D eigenvalue weighted by atomic mass is 15.2. The SMILES string of the molecule is CCN(CC1(C)CCNC1)C(C)C. The van der Waals surface area contributed by atoms with Crippen LogP contribution in [-0.4, -0.2) is 37.1 Å². The van der Waals surface area contributed by atoms with E-state index in [-0.39, 0.29) is 0 Å². The largest absolute Gasteiger partial charge is 0.316 e. The monoisotopic (exact) mass is 184 g/mol. The Bertz CT molecular complexity index is 148. The Hall–Kier alpha value is -0.0800. The van der Waals surface area contributed by atoms with Crippen LogP contribution >= 0.6 is 0 Å². The standard InChI is InChI=1S/C11H24N2/c1-5-13(10(2)3)9-11(4)6-7-12-8-11/h10,12H,5-9H2,1-4H3. The molecule has 1 heterocycles. The van der Waals surface area contributed by atoms with Crippen molar-refractivity contribution in [2.45, 2.75) is 40.2 Å². The van der Waals surface area contributed by atoms with E-state index in [1.54, 1.807) is 0 Å². The summed E-state index contributed by atoms with van der Waals surface area (Å²) < 4.78 is 0. The van der Waals surface area contributed by atoms with Gasteiger partial charge in [0.05, 0.1) is 0 Å². The highest BCUT2D eigenvalue weighted by Crippen LogP contribution is 2.26. The van der Waals surface area contributed by atoms with Crippen LogP contribution in [-0.2, 0) is 0 Å². The predicted molar refractivity (Wildman–Crippen MR) is 58.0 cm³/mol. The van der Waals surface area contributed by atoms with Gasteiger partial charge in [0.25, 0.3) is 0 Å². The molecule has 0 aromatic heterocycles. The van der Waals surface area contributed by atoms with Gasteiger partial charge in [-0.1, -0.05) is 13.8 Å². The summed E-state index contributed by atoms with van der Waals surface area (Å²) in [6.45, 7) is 14.0. The number of nitrogens with zero attached hydrogens (tertiary/aromatic N) is 1. The van der Waals surface area contributed by atoms with E-state index in [0.29, 0.717) is 11.5 Å². The fourth-order valence-electron chi connectivity index (χ4n) is 2.15. The maximum Gasteiger partial charge on any atom is 0.00506 e. The molecule has 1 saturated heterocycles. The van der Waals surface area contributed by atoms with Crippen molar-refractivity contribution in [1.29, 1.82) is 0 Å². The Morgan fingerprint density at radius 1 is 1.46 bits per heavy atom. The Morgan fingerprint density at radius 2 is 2.15 bits per heavy atom. The van der Waals surface area contributed by atoms with Gasteiger partial charge in [-0.3, -0.25) is 0 Å². The molecule has 78 valence electrons. The van der Waals surface area contributed by atoms with E-state index in [9.17, 15) is 0 Å². The lowest BCUT2D eigenvalue weighted by Crippen LogP contribution is -2.41. The molecule has 2 heteroatoms. The summed E-state index contributed by atoms with van der Waals surface area (Å²) in [5.74, 6) is 0. The average molecular weight is 184 g/mol. The smallest absolute Gasteiger partial charge is 0.00506 e. The minimum Gasteiger partial charge on any atom is -0.316 e. The van der Waals surface area contributed by atoms with E-state index < -0.39 is 0 Å². The third-order valence-corrected chi connectivity index (χ3v) is 3.18. The first-order valence-corrected chi connectivity index (χ1v) is 5.52. The lowest BCUT2D eigenvalue weighted by atomic mass is 9.89. The molecule has 1 atom stereocenters. The third kappa shape index (κ3) is 2.96. The summed E-state index contributed by atoms with van der Waals surface area (Å²) in [5.41, 5.74) is 0.514. The van der Waals surface area contributed by atoms with Crippen LogP contribution in [0, 0.1) is 5.41 Å². The second kappa shape index (κ2) is 4.43. The van der Waals surface area contributed by atoms with Gasteiger partial charge in [-0.15, -0.1) is 0 Å². The summed E-state index contributed by atoms with van der Waals surface area (Å²) in [6, 6.07) is 0.683. The first-order valence-electron chi connectivity index (χ1n) is 5.52. The summed E-state index contributed by atoms with van der Waals surface area (Å²) in [4.78, 5) is 2.56. The molecule has 0 spiro atoms. The zero-order chi connectivity index (χ0) is 9.90. The molecule has 1 unspecified atom stereocenters. The van der Waals surface area contributed by atoms with E-state index in [2.05, 4.69) is 37.9 Å². The van der Waals surface area contributed by atoms with E-state index in [1.807, 2.05) is 0 Å². The van der Waals surface area contributed by atoms with Gasteiger partial charge in [-0.25, -0.2) is 0 Å². The highest BCUT2D eigenvalue weighted by molar-refractivity contribution is 4.87. The normalized spacial score (nSPS) is 29.1. The molecular formula is C11H24N2. The van der Waals surface area contributed by atoms with Crippen molar-refractivity contribution in [2.75, 3.05) is 26.2 Å². The minimum absolute atomic E-state index is 0.514. The molecule has 0 saturated carbocycles. The average Bonchev–Trinajstić information content (AvgIpc) is 2.48. The Balaban J connectivity index is 2.44. The summed E-state index contributed by atoms with van der Waals surface area (Å²) in [6.07, 6.45) is 1.33. The van der Waals surface area contributed by atoms with Crippen LogP contribution in [0.2, 0.25) is 0 Å². The molecule has 0 amide bonds. The van der Waals surface area contributed by atoms with Gasteiger partial charge in [0.2, 0.25) is 0 Å². The van der Waals surface area contributed by atoms with Gasteiger partial charge in [0.15, 0.2) is 0 Å². The molecule has 0 aromatic rings. The van der Waals surface area contributed by atoms with Crippen LogP contribution in [0.1, 0.15) is 34.1 Å². The molecule has 1 aliphatic heterocycles. The zero-order valence-electron chi connectivity index (χ0n) is 9.56. The quantitative estimate of drug-likeness (QED) is 0.715. The van der Waals surface area contributed by atoms with Crippen LogP contribution < -0.4 is 5.32 Å². The summed E-state index contributed by atoms with van der Waals surface area (Å²) in [7, 11) is 0. The van der Waals surface area contributed by atoms with Crippen molar-refractivity contribution in [3.63, 3.8) is 0 Å². The zero-order valence-corrected chi connectivity index (χ0v) is 9.56. The van der Waals surface area contributed by atoms with Gasteiger partial charge in [0.1, 0.15) is 0 Å². The van der Waals surface area contributed by atoms with Gasteiger partial charge in [-0.2, -0.15) is 0 Å². The fraction of sp³-hybridized carbons (Fsp3) is 1.00. The van der Waals surface area contributed by atoms with Crippen molar-refractivity contribution in [3.05, 3.63) is 0 Å². The van der Waals surface area contributed by atoms with Gasteiger partial charge in [-0.05, 0) is 38.8 Å². The van der Waals surface area contributed by atoms with Gasteiger partial charge >= 0.3 is 0 Å². The van der Waals surface area contributed by atoms with Crippen molar-refractivity contribution >= 4 is 0 Å². The summed E-state index contributed by atoms with van der Waals surface area (Å²) >= 11 is 0. The lowest BCUT2D eigenvalue weighted by molar-refractivity contribution is 0.151. The topological polar surface area (TPSA) is 15.3 Å². The molecule has 2 nitrogen and oxygen atoms in total. The second-order valence-electron chi connectivity index (χ2n) is 4.89. The van der Waals surface area contributed by atoms with Gasteiger partial charge in [0, 0.05) is 19.1 Å². The van der Waals surface area contributed by atoms with Crippen molar-refractivity contribution < 1.29 is 0 Å². The van der Waals surface area contributed by atoms with Crippen molar-refractivity contribution in [1.82, 2.24) is 10.2 Å². The van der Waals surface area contributed by atoms with E-state index in [0.717, 1.165) is 0 Å². The Labute approximate surface area is 82.7 Å². The first kappa shape index (κ1) is 11.0. The van der Waals surface area contributed by atoms with Crippen LogP contribution in [0.5, 0.6) is 0 Å². The molecule has 13 heavy (non-hydrogen) atoms. The minimum atomic E-state index is 0.514. The Kier molecular flexibility index (Phi) is 3.74. The highest BCUT2D eigenvalue weighted by Gasteiger charge is 2.30. The number of nitrogens with one attached hydrogen (secondary N) is 1. The molecule has 0 bridgehead atoms. The molecule has 0 aliphatic carbocycles. The molecule has 1 fully saturated rings. The molecular weight excluding hydrogens is 160 g/mol. The summed E-state index contributed by atoms with van der Waals surface area (Å²) in [5, 5.41) is 3.45.